The lowest BCUT2D eigenvalue weighted by Crippen LogP contribution is -2.55. The molecule has 17 heteroatoms. The summed E-state index contributed by atoms with van der Waals surface area (Å²) in [5.41, 5.74) is -5.10. The van der Waals surface area contributed by atoms with Crippen LogP contribution in [0.3, 0.4) is 0 Å². The summed E-state index contributed by atoms with van der Waals surface area (Å²) in [4.78, 5) is 13.6. The number of anilines is 1. The van der Waals surface area contributed by atoms with E-state index >= 15 is 0 Å². The molecule has 2 aromatic carbocycles. The average molecular weight is 651 g/mol. The maximum Gasteiger partial charge on any atom is 0.420 e. The number of carbonyl (C=O) groups is 1. The van der Waals surface area contributed by atoms with Gasteiger partial charge in [0.05, 0.1) is 16.8 Å². The molecule has 0 saturated carbocycles. The van der Waals surface area contributed by atoms with Crippen LogP contribution in [-0.4, -0.2) is 34.9 Å². The first-order valence-electron chi connectivity index (χ1n) is 9.16. The Bertz CT molecular complexity index is 1210. The molecule has 35 heavy (non-hydrogen) atoms. The van der Waals surface area contributed by atoms with Crippen LogP contribution in [0.2, 0.25) is 5.02 Å². The Morgan fingerprint density at radius 2 is 1.66 bits per heavy atom. The lowest BCUT2D eigenvalue weighted by atomic mass is 9.48. The van der Waals surface area contributed by atoms with Crippen molar-refractivity contribution in [3.63, 3.8) is 0 Å². The summed E-state index contributed by atoms with van der Waals surface area (Å²) in [6, 6.07) is 1.62. The summed E-state index contributed by atoms with van der Waals surface area (Å²) in [5.74, 6) is -1.77. The Hall–Kier alpha value is -1.73. The zero-order valence-electron chi connectivity index (χ0n) is 17.8. The number of nitrogens with zero attached hydrogens (tertiary/aromatic N) is 1. The van der Waals surface area contributed by atoms with E-state index in [1.807, 2.05) is 0 Å². The van der Waals surface area contributed by atoms with Gasteiger partial charge < -0.3 is 4.74 Å². The van der Waals surface area contributed by atoms with Crippen molar-refractivity contribution in [1.29, 1.82) is 0 Å². The summed E-state index contributed by atoms with van der Waals surface area (Å²) >= 11 is 7.20. The fourth-order valence-electron chi connectivity index (χ4n) is 2.84. The average Bonchev–Trinajstić information content (AvgIpc) is 2.70. The first kappa shape index (κ1) is 29.5. The number of hydrogen-bond acceptors (Lipinski definition) is 3. The Labute approximate surface area is 218 Å². The second-order valence-corrected chi connectivity index (χ2v) is 9.83. The van der Waals surface area contributed by atoms with Gasteiger partial charge >= 0.3 is 18.4 Å². The Morgan fingerprint density at radius 3 is 2.14 bits per heavy atom. The number of halogens is 10. The van der Waals surface area contributed by atoms with Crippen LogP contribution in [0.1, 0.15) is 16.7 Å². The largest absolute Gasteiger partial charge is 0.420 e. The third-order valence-corrected chi connectivity index (χ3v) is 5.43. The molecule has 0 aliphatic carbocycles. The van der Waals surface area contributed by atoms with E-state index in [2.05, 4.69) is 11.2 Å². The van der Waals surface area contributed by atoms with Gasteiger partial charge in [-0.05, 0) is 43.7 Å². The number of hydrogen-bond donors (Lipinski definition) is 0. The van der Waals surface area contributed by atoms with Gasteiger partial charge in [-0.3, -0.25) is 4.90 Å². The second-order valence-electron chi connectivity index (χ2n) is 7.77. The van der Waals surface area contributed by atoms with Gasteiger partial charge in [0.25, 0.3) is 0 Å². The van der Waals surface area contributed by atoms with Gasteiger partial charge in [-0.25, -0.2) is 13.6 Å². The van der Waals surface area contributed by atoms with Crippen molar-refractivity contribution in [3.8, 4) is 16.9 Å². The normalized spacial score (nSPS) is 12.1. The minimum absolute atomic E-state index is 0.220. The number of carbonyl (C=O) groups excluding carboxylic acids is 1. The van der Waals surface area contributed by atoms with Crippen LogP contribution in [-0.2, 0) is 12.4 Å². The van der Waals surface area contributed by atoms with Crippen molar-refractivity contribution in [2.24, 2.45) is 0 Å². The van der Waals surface area contributed by atoms with Crippen LogP contribution in [0, 0.1) is 22.8 Å². The van der Waals surface area contributed by atoms with E-state index in [1.54, 1.807) is 21.2 Å². The number of alkyl halides is 6. The molecule has 184 valence electrons. The molecule has 0 bridgehead atoms. The molecular formula is C18H10B3ClF8INO2S. The third kappa shape index (κ3) is 6.94. The van der Waals surface area contributed by atoms with E-state index in [1.165, 1.54) is 23.5 Å². The monoisotopic (exact) mass is 651 g/mol. The molecule has 0 unspecified atom stereocenters. The maximum absolute atomic E-state index is 14.7. The van der Waals surface area contributed by atoms with E-state index < -0.39 is 68.5 Å². The van der Waals surface area contributed by atoms with Crippen molar-refractivity contribution in [1.82, 2.24) is 0 Å². The van der Waals surface area contributed by atoms with E-state index in [-0.39, 0.29) is 6.07 Å². The van der Waals surface area contributed by atoms with Gasteiger partial charge in [-0.2, -0.15) is 26.3 Å². The quantitative estimate of drug-likeness (QED) is 0.160. The number of amides is 1. The third-order valence-electron chi connectivity index (χ3n) is 4.24. The van der Waals surface area contributed by atoms with Crippen LogP contribution >= 0.6 is 41.7 Å². The molecule has 0 heterocycles. The fourth-order valence-corrected chi connectivity index (χ4v) is 3.47. The van der Waals surface area contributed by atoms with E-state index in [9.17, 15) is 39.9 Å². The van der Waals surface area contributed by atoms with Crippen LogP contribution in [0.5, 0.6) is 5.75 Å². The first-order valence-corrected chi connectivity index (χ1v) is 12.9. The van der Waals surface area contributed by atoms with Gasteiger partial charge in [-0.1, -0.05) is 17.5 Å². The summed E-state index contributed by atoms with van der Waals surface area (Å²) in [5, 5.41) is -0.109. The minimum Gasteiger partial charge on any atom is -0.408 e. The van der Waals surface area contributed by atoms with Crippen molar-refractivity contribution < 1.29 is 44.7 Å². The SMILES string of the molecule is BC(B)(B)N(C(=O)Oc1c(C#CSI)cc(C(F)(F)F)cc1C(F)(F)F)c1ccc(F)c(Cl)c1F. The highest BCUT2D eigenvalue weighted by Crippen LogP contribution is 2.43. The molecule has 1 amide bonds. The van der Waals surface area contributed by atoms with E-state index in [4.69, 9.17) is 16.3 Å². The van der Waals surface area contributed by atoms with E-state index in [0.29, 0.717) is 11.0 Å². The predicted molar refractivity (Wildman–Crippen MR) is 133 cm³/mol. The van der Waals surface area contributed by atoms with Crippen molar-refractivity contribution >= 4 is 77.1 Å². The molecule has 0 aliphatic rings. The van der Waals surface area contributed by atoms with Crippen molar-refractivity contribution in [2.45, 2.75) is 17.6 Å². The van der Waals surface area contributed by atoms with Crippen molar-refractivity contribution in [2.75, 3.05) is 4.90 Å². The predicted octanol–water partition coefficient (Wildman–Crippen LogP) is 4.56. The molecule has 0 N–H and O–H groups in total. The highest BCUT2D eigenvalue weighted by atomic mass is 127. The summed E-state index contributed by atoms with van der Waals surface area (Å²) in [6.45, 7) is 0. The highest BCUT2D eigenvalue weighted by molar-refractivity contribution is 14.2. The summed E-state index contributed by atoms with van der Waals surface area (Å²) in [7, 11) is 4.83. The summed E-state index contributed by atoms with van der Waals surface area (Å²) < 4.78 is 114. The molecular weight excluding hydrogens is 641 g/mol. The Morgan fingerprint density at radius 1 is 1.06 bits per heavy atom. The molecule has 0 atom stereocenters. The molecule has 3 nitrogen and oxygen atoms in total. The molecule has 0 saturated heterocycles. The van der Waals surface area contributed by atoms with Gasteiger partial charge in [-0.15, -0.1) is 0 Å². The lowest BCUT2D eigenvalue weighted by Gasteiger charge is -2.35. The van der Waals surface area contributed by atoms with Gasteiger partial charge in [0.2, 0.25) is 0 Å². The first-order chi connectivity index (χ1) is 15.9. The topological polar surface area (TPSA) is 29.5 Å². The van der Waals surface area contributed by atoms with Gasteiger partial charge in [0, 0.05) is 21.2 Å². The van der Waals surface area contributed by atoms with Crippen LogP contribution < -0.4 is 9.64 Å². The number of rotatable bonds is 3. The zero-order chi connectivity index (χ0) is 26.9. The molecule has 2 aromatic rings. The van der Waals surface area contributed by atoms with Crippen LogP contribution in [0.4, 0.5) is 45.6 Å². The standard InChI is InChI=1S/C18H10B3ClF8INO2S/c19-18(20,21)32(11-2-1-10(23)12(22)13(11)24)15(33)34-14-7(3-4-35-31)5-8(16(25,26)27)6-9(14)17(28,29)30/h1-2,5-6H,19-21H2. The van der Waals surface area contributed by atoms with Gasteiger partial charge in [0.1, 0.15) is 39.9 Å². The Balaban J connectivity index is 2.77. The smallest absolute Gasteiger partial charge is 0.408 e. The van der Waals surface area contributed by atoms with Crippen LogP contribution in [0.25, 0.3) is 0 Å². The van der Waals surface area contributed by atoms with Crippen molar-refractivity contribution in [3.05, 3.63) is 57.6 Å². The zero-order valence-corrected chi connectivity index (χ0v) is 21.5. The summed E-state index contributed by atoms with van der Waals surface area (Å²) in [6.07, 6.45) is -12.2. The van der Waals surface area contributed by atoms with Crippen LogP contribution in [0.15, 0.2) is 24.3 Å². The van der Waals surface area contributed by atoms with Gasteiger partial charge in [0.15, 0.2) is 11.6 Å². The van der Waals surface area contributed by atoms with E-state index in [0.717, 1.165) is 21.1 Å². The minimum atomic E-state index is -5.39. The molecule has 0 radical (unpaired) electrons. The molecule has 0 fully saturated rings. The second kappa shape index (κ2) is 10.7. The highest BCUT2D eigenvalue weighted by Gasteiger charge is 2.42. The number of ether oxygens (including phenoxy) is 1. The molecule has 0 spiro atoms. The molecule has 0 aromatic heterocycles. The number of benzene rings is 2. The maximum atomic E-state index is 14.7. The molecule has 0 aliphatic heterocycles. The Kier molecular flexibility index (Phi) is 9.03. The lowest BCUT2D eigenvalue weighted by molar-refractivity contribution is -0.143. The fraction of sp³-hybridized carbons (Fsp3) is 0.167. The molecule has 2 rings (SSSR count).